The average Bonchev–Trinajstić information content (AvgIpc) is 3.13. The van der Waals surface area contributed by atoms with E-state index in [-0.39, 0.29) is 10.6 Å². The Morgan fingerprint density at radius 3 is 2.59 bits per heavy atom. The Labute approximate surface area is 165 Å². The van der Waals surface area contributed by atoms with Gasteiger partial charge in [-0.3, -0.25) is 4.72 Å². The summed E-state index contributed by atoms with van der Waals surface area (Å²) in [6.45, 7) is 1.33. The molecule has 10 heteroatoms. The molecule has 2 N–H and O–H groups in total. The molecule has 3 aromatic rings. The molecule has 0 saturated carbocycles. The quantitative estimate of drug-likeness (QED) is 0.652. The number of anilines is 2. The molecule has 0 atom stereocenters. The van der Waals surface area contributed by atoms with Gasteiger partial charge in [-0.25, -0.2) is 13.4 Å². The Hall–Kier alpha value is -2.75. The summed E-state index contributed by atoms with van der Waals surface area (Å²) in [5.41, 5.74) is -0.163. The van der Waals surface area contributed by atoms with E-state index < -0.39 is 21.8 Å². The Morgan fingerprint density at radius 2 is 1.86 bits per heavy atom. The third-order valence-corrected chi connectivity index (χ3v) is 6.37. The summed E-state index contributed by atoms with van der Waals surface area (Å²) < 4.78 is 68.2. The van der Waals surface area contributed by atoms with Crippen molar-refractivity contribution in [1.29, 1.82) is 0 Å². The Balaban J connectivity index is 1.77. The monoisotopic (exact) mass is 424 g/mol. The van der Waals surface area contributed by atoms with Crippen LogP contribution in [0.1, 0.15) is 24.8 Å². The minimum absolute atomic E-state index is 0.0670. The first-order valence-electron chi connectivity index (χ1n) is 9.17. The number of rotatable bonds is 4. The molecule has 0 unspecified atom stereocenters. The second-order valence-electron chi connectivity index (χ2n) is 6.94. The maximum Gasteiger partial charge on any atom is 0.416 e. The number of hydrogen-bond acceptors (Lipinski definition) is 4. The Kier molecular flexibility index (Phi) is 4.89. The van der Waals surface area contributed by atoms with Crippen LogP contribution < -0.4 is 9.62 Å². The fourth-order valence-corrected chi connectivity index (χ4v) is 4.79. The summed E-state index contributed by atoms with van der Waals surface area (Å²) in [5.74, 6) is 0. The van der Waals surface area contributed by atoms with Gasteiger partial charge in [0.25, 0.3) is 10.0 Å². The van der Waals surface area contributed by atoms with E-state index >= 15 is 0 Å². The summed E-state index contributed by atoms with van der Waals surface area (Å²) in [5, 5.41) is 0.367. The zero-order valence-electron chi connectivity index (χ0n) is 15.3. The van der Waals surface area contributed by atoms with Gasteiger partial charge in [0.1, 0.15) is 10.5 Å². The zero-order valence-corrected chi connectivity index (χ0v) is 16.1. The molecule has 1 saturated heterocycles. The molecular formula is C19H19F3N4O2S. The van der Waals surface area contributed by atoms with E-state index in [1.54, 1.807) is 12.1 Å². The van der Waals surface area contributed by atoms with Crippen LogP contribution in [0.15, 0.2) is 47.6 Å². The smallest absolute Gasteiger partial charge is 0.370 e. The van der Waals surface area contributed by atoms with Gasteiger partial charge in [0.15, 0.2) is 0 Å². The second-order valence-corrected chi connectivity index (χ2v) is 8.59. The van der Waals surface area contributed by atoms with Crippen molar-refractivity contribution in [2.45, 2.75) is 30.3 Å². The molecule has 0 spiro atoms. The largest absolute Gasteiger partial charge is 0.416 e. The molecule has 2 aromatic heterocycles. The van der Waals surface area contributed by atoms with Crippen molar-refractivity contribution < 1.29 is 21.6 Å². The number of aromatic amines is 1. The lowest BCUT2D eigenvalue weighted by Crippen LogP contribution is -2.30. The second kappa shape index (κ2) is 7.25. The van der Waals surface area contributed by atoms with E-state index in [9.17, 15) is 21.6 Å². The molecule has 154 valence electrons. The summed E-state index contributed by atoms with van der Waals surface area (Å²) in [6, 6.07) is 6.36. The van der Waals surface area contributed by atoms with Crippen LogP contribution in [-0.2, 0) is 16.2 Å². The first kappa shape index (κ1) is 19.6. The van der Waals surface area contributed by atoms with Gasteiger partial charge in [0.2, 0.25) is 0 Å². The number of fused-ring (bicyclic) bond motifs is 1. The standard InChI is InChI=1S/C19H19F3N4O2S/c20-19(21,22)13-6-7-16(26-9-2-1-3-10-26)15(11-13)25-29(27,28)17-12-24-18-14(17)5-4-8-23-18/h4-8,11-12,25H,1-3,9-10H2,(H,23,24). The van der Waals surface area contributed by atoms with Crippen molar-refractivity contribution in [2.75, 3.05) is 22.7 Å². The first-order chi connectivity index (χ1) is 13.8. The number of sulfonamides is 1. The van der Waals surface area contributed by atoms with E-state index in [2.05, 4.69) is 14.7 Å². The number of benzene rings is 1. The number of piperidine rings is 1. The van der Waals surface area contributed by atoms with Crippen molar-refractivity contribution in [3.63, 3.8) is 0 Å². The molecule has 0 amide bonds. The van der Waals surface area contributed by atoms with Gasteiger partial charge in [-0.2, -0.15) is 13.2 Å². The third kappa shape index (κ3) is 3.89. The Bertz CT molecular complexity index is 1140. The van der Waals surface area contributed by atoms with Crippen molar-refractivity contribution >= 4 is 32.4 Å². The predicted molar refractivity (Wildman–Crippen MR) is 104 cm³/mol. The van der Waals surface area contributed by atoms with E-state index in [1.165, 1.54) is 18.5 Å². The van der Waals surface area contributed by atoms with Crippen molar-refractivity contribution in [1.82, 2.24) is 9.97 Å². The van der Waals surface area contributed by atoms with E-state index in [4.69, 9.17) is 0 Å². The maximum absolute atomic E-state index is 13.3. The highest BCUT2D eigenvalue weighted by molar-refractivity contribution is 7.93. The molecule has 0 aliphatic carbocycles. The number of nitrogens with zero attached hydrogens (tertiary/aromatic N) is 2. The highest BCUT2D eigenvalue weighted by atomic mass is 32.2. The van der Waals surface area contributed by atoms with Crippen molar-refractivity contribution in [3.05, 3.63) is 48.3 Å². The van der Waals surface area contributed by atoms with Gasteiger partial charge >= 0.3 is 6.18 Å². The topological polar surface area (TPSA) is 78.1 Å². The Morgan fingerprint density at radius 1 is 1.10 bits per heavy atom. The van der Waals surface area contributed by atoms with E-state index in [1.807, 2.05) is 4.90 Å². The summed E-state index contributed by atoms with van der Waals surface area (Å²) in [6.07, 6.45) is 1.08. The minimum atomic E-state index is -4.58. The van der Waals surface area contributed by atoms with Crippen LogP contribution in [-0.4, -0.2) is 31.5 Å². The van der Waals surface area contributed by atoms with Crippen LogP contribution in [0.4, 0.5) is 24.5 Å². The van der Waals surface area contributed by atoms with Crippen LogP contribution in [0, 0.1) is 0 Å². The minimum Gasteiger partial charge on any atom is -0.370 e. The average molecular weight is 424 g/mol. The summed E-state index contributed by atoms with van der Waals surface area (Å²) in [4.78, 5) is 8.68. The molecular weight excluding hydrogens is 405 g/mol. The third-order valence-electron chi connectivity index (χ3n) is 4.97. The SMILES string of the molecule is O=S(=O)(Nc1cc(C(F)(F)F)ccc1N1CCCCC1)c1c[nH]c2ncccc12. The highest BCUT2D eigenvalue weighted by Gasteiger charge is 2.32. The number of halogens is 3. The molecule has 1 aliphatic heterocycles. The molecule has 0 radical (unpaired) electrons. The number of aromatic nitrogens is 2. The normalized spacial score (nSPS) is 15.6. The van der Waals surface area contributed by atoms with Gasteiger partial charge in [-0.05, 0) is 49.6 Å². The molecule has 1 fully saturated rings. The number of H-pyrrole nitrogens is 1. The molecule has 0 bridgehead atoms. The lowest BCUT2D eigenvalue weighted by Gasteiger charge is -2.31. The molecule has 4 rings (SSSR count). The van der Waals surface area contributed by atoms with Gasteiger partial charge in [0.05, 0.1) is 16.9 Å². The summed E-state index contributed by atoms with van der Waals surface area (Å²) in [7, 11) is -4.14. The van der Waals surface area contributed by atoms with Gasteiger partial charge < -0.3 is 9.88 Å². The maximum atomic E-state index is 13.3. The first-order valence-corrected chi connectivity index (χ1v) is 10.7. The van der Waals surface area contributed by atoms with Crippen LogP contribution in [0.5, 0.6) is 0 Å². The highest BCUT2D eigenvalue weighted by Crippen LogP contribution is 2.37. The molecule has 29 heavy (non-hydrogen) atoms. The molecule has 1 aromatic carbocycles. The molecule has 6 nitrogen and oxygen atoms in total. The van der Waals surface area contributed by atoms with Crippen molar-refractivity contribution in [3.8, 4) is 0 Å². The van der Waals surface area contributed by atoms with Gasteiger partial charge in [-0.15, -0.1) is 0 Å². The predicted octanol–water partition coefficient (Wildman–Crippen LogP) is 4.37. The number of hydrogen-bond donors (Lipinski definition) is 2. The molecule has 3 heterocycles. The van der Waals surface area contributed by atoms with Crippen LogP contribution >= 0.6 is 0 Å². The zero-order chi connectivity index (χ0) is 20.6. The lowest BCUT2D eigenvalue weighted by atomic mass is 10.1. The van der Waals surface area contributed by atoms with Crippen LogP contribution in [0.3, 0.4) is 0 Å². The van der Waals surface area contributed by atoms with Crippen LogP contribution in [0.2, 0.25) is 0 Å². The van der Waals surface area contributed by atoms with Gasteiger partial charge in [0, 0.05) is 30.9 Å². The summed E-state index contributed by atoms with van der Waals surface area (Å²) >= 11 is 0. The molecule has 1 aliphatic rings. The number of pyridine rings is 1. The van der Waals surface area contributed by atoms with Crippen LogP contribution in [0.25, 0.3) is 11.0 Å². The number of nitrogens with one attached hydrogen (secondary N) is 2. The number of alkyl halides is 3. The van der Waals surface area contributed by atoms with E-state index in [0.717, 1.165) is 31.4 Å². The lowest BCUT2D eigenvalue weighted by molar-refractivity contribution is -0.137. The van der Waals surface area contributed by atoms with E-state index in [0.29, 0.717) is 29.8 Å². The van der Waals surface area contributed by atoms with Crippen molar-refractivity contribution in [2.24, 2.45) is 0 Å². The fourth-order valence-electron chi connectivity index (χ4n) is 3.56. The van der Waals surface area contributed by atoms with Gasteiger partial charge in [-0.1, -0.05) is 0 Å². The fraction of sp³-hybridized carbons (Fsp3) is 0.316.